The lowest BCUT2D eigenvalue weighted by Crippen LogP contribution is -2.24. The molecule has 166 valence electrons. The molecule has 2 heterocycles. The Hall–Kier alpha value is -3.70. The standard InChI is InChI=1S/C20H8F8N2O2/c21-9-5-1-3-7(19(23,24)25)11(9)15-13-14(18(32)29-15)16(30-17(13)31)12-8(20(26,27)28)4-2-6-10(12)22/h1-6H,(H,29,32)(H,30,31). The van der Waals surface area contributed by atoms with E-state index >= 15 is 0 Å². The Morgan fingerprint density at radius 2 is 0.938 bits per heavy atom. The van der Waals surface area contributed by atoms with E-state index in [0.29, 0.717) is 24.3 Å². The quantitative estimate of drug-likeness (QED) is 0.654. The highest BCUT2D eigenvalue weighted by Gasteiger charge is 2.47. The highest BCUT2D eigenvalue weighted by Crippen LogP contribution is 2.44. The van der Waals surface area contributed by atoms with Crippen LogP contribution in [0.25, 0.3) is 11.4 Å². The maximum atomic E-state index is 14.4. The number of benzene rings is 2. The molecule has 0 bridgehead atoms. The molecule has 0 fully saturated rings. The predicted octanol–water partition coefficient (Wildman–Crippen LogP) is 4.38. The molecular weight excluding hydrogens is 452 g/mol. The Balaban J connectivity index is 2.04. The molecule has 0 atom stereocenters. The van der Waals surface area contributed by atoms with Gasteiger partial charge in [0.1, 0.15) is 11.6 Å². The minimum absolute atomic E-state index is 0.506. The zero-order valence-corrected chi connectivity index (χ0v) is 15.3. The van der Waals surface area contributed by atoms with E-state index in [1.807, 2.05) is 10.6 Å². The van der Waals surface area contributed by atoms with Crippen molar-refractivity contribution in [2.24, 2.45) is 0 Å². The van der Waals surface area contributed by atoms with E-state index in [4.69, 9.17) is 0 Å². The van der Waals surface area contributed by atoms with E-state index in [9.17, 15) is 44.7 Å². The van der Waals surface area contributed by atoms with Gasteiger partial charge in [-0.3, -0.25) is 9.59 Å². The van der Waals surface area contributed by atoms with Crippen molar-refractivity contribution in [1.82, 2.24) is 10.6 Å². The first-order valence-electron chi connectivity index (χ1n) is 8.66. The van der Waals surface area contributed by atoms with Gasteiger partial charge in [0.05, 0.1) is 33.7 Å². The van der Waals surface area contributed by atoms with E-state index in [1.54, 1.807) is 0 Å². The molecule has 0 spiro atoms. The minimum atomic E-state index is -5.09. The van der Waals surface area contributed by atoms with Crippen LogP contribution in [0, 0.1) is 11.6 Å². The fourth-order valence-corrected chi connectivity index (χ4v) is 3.59. The molecule has 0 saturated carbocycles. The summed E-state index contributed by atoms with van der Waals surface area (Å²) in [6.45, 7) is 0. The summed E-state index contributed by atoms with van der Waals surface area (Å²) in [6.07, 6.45) is -10.2. The van der Waals surface area contributed by atoms with Crippen molar-refractivity contribution < 1.29 is 44.7 Å². The largest absolute Gasteiger partial charge is 0.417 e. The summed E-state index contributed by atoms with van der Waals surface area (Å²) in [6, 6.07) is 3.83. The van der Waals surface area contributed by atoms with Crippen LogP contribution in [-0.2, 0) is 21.9 Å². The second-order valence-corrected chi connectivity index (χ2v) is 6.73. The maximum Gasteiger partial charge on any atom is 0.417 e. The Morgan fingerprint density at radius 3 is 1.25 bits per heavy atom. The van der Waals surface area contributed by atoms with Crippen LogP contribution in [0.3, 0.4) is 0 Å². The summed E-state index contributed by atoms with van der Waals surface area (Å²) in [5, 5.41) is 3.82. The van der Waals surface area contributed by atoms with Crippen LogP contribution in [0.2, 0.25) is 0 Å². The van der Waals surface area contributed by atoms with Crippen molar-refractivity contribution in [3.63, 3.8) is 0 Å². The lowest BCUT2D eigenvalue weighted by Gasteiger charge is -2.16. The molecule has 0 unspecified atom stereocenters. The third-order valence-electron chi connectivity index (χ3n) is 4.82. The molecule has 4 rings (SSSR count). The summed E-state index contributed by atoms with van der Waals surface area (Å²) in [7, 11) is 0. The first-order chi connectivity index (χ1) is 14.8. The average Bonchev–Trinajstić information content (AvgIpc) is 3.18. The molecule has 0 aliphatic carbocycles. The summed E-state index contributed by atoms with van der Waals surface area (Å²) in [5.41, 5.74) is -8.79. The van der Waals surface area contributed by atoms with Crippen LogP contribution in [0.5, 0.6) is 0 Å². The van der Waals surface area contributed by atoms with E-state index < -0.39 is 80.6 Å². The molecule has 2 aromatic carbocycles. The summed E-state index contributed by atoms with van der Waals surface area (Å²) in [5.74, 6) is -5.47. The average molecular weight is 460 g/mol. The molecule has 0 saturated heterocycles. The molecule has 2 aliphatic rings. The molecule has 0 aromatic heterocycles. The minimum Gasteiger partial charge on any atom is -0.320 e. The number of fused-ring (bicyclic) bond motifs is 1. The Kier molecular flexibility index (Phi) is 4.64. The van der Waals surface area contributed by atoms with Gasteiger partial charge in [0.15, 0.2) is 0 Å². The zero-order valence-electron chi connectivity index (χ0n) is 15.3. The number of carbonyl (C=O) groups excluding carboxylic acids is 2. The van der Waals surface area contributed by atoms with E-state index in [-0.39, 0.29) is 0 Å². The number of halogens is 8. The second-order valence-electron chi connectivity index (χ2n) is 6.73. The van der Waals surface area contributed by atoms with Gasteiger partial charge in [0.2, 0.25) is 0 Å². The Bertz CT molecular complexity index is 1160. The van der Waals surface area contributed by atoms with Crippen molar-refractivity contribution in [1.29, 1.82) is 0 Å². The highest BCUT2D eigenvalue weighted by atomic mass is 19.4. The van der Waals surface area contributed by atoms with Crippen LogP contribution in [-0.4, -0.2) is 11.8 Å². The van der Waals surface area contributed by atoms with Gasteiger partial charge in [0.25, 0.3) is 11.8 Å². The maximum absolute atomic E-state index is 14.4. The molecule has 2 aromatic rings. The normalized spacial score (nSPS) is 16.5. The van der Waals surface area contributed by atoms with Gasteiger partial charge in [-0.05, 0) is 24.3 Å². The zero-order chi connectivity index (χ0) is 23.6. The number of carbonyl (C=O) groups is 2. The number of nitrogens with one attached hydrogen (secondary N) is 2. The van der Waals surface area contributed by atoms with Gasteiger partial charge in [-0.2, -0.15) is 26.3 Å². The lowest BCUT2D eigenvalue weighted by molar-refractivity contribution is -0.138. The highest BCUT2D eigenvalue weighted by molar-refractivity contribution is 6.30. The number of rotatable bonds is 2. The SMILES string of the molecule is O=C1NC(c2c(F)cccc2C(F)(F)F)=C2C(=O)NC(c3c(F)cccc3C(F)(F)F)=C12. The first kappa shape index (κ1) is 21.5. The lowest BCUT2D eigenvalue weighted by atomic mass is 9.96. The van der Waals surface area contributed by atoms with Crippen molar-refractivity contribution in [2.45, 2.75) is 12.4 Å². The van der Waals surface area contributed by atoms with Crippen molar-refractivity contribution in [3.8, 4) is 0 Å². The van der Waals surface area contributed by atoms with E-state index in [1.165, 1.54) is 0 Å². The molecule has 2 amide bonds. The number of hydrogen-bond acceptors (Lipinski definition) is 2. The van der Waals surface area contributed by atoms with Crippen LogP contribution in [0.15, 0.2) is 47.5 Å². The topological polar surface area (TPSA) is 58.2 Å². The molecule has 2 aliphatic heterocycles. The summed E-state index contributed by atoms with van der Waals surface area (Å²) in [4.78, 5) is 25.0. The Labute approximate surface area is 173 Å². The number of amides is 2. The number of alkyl halides is 6. The summed E-state index contributed by atoms with van der Waals surface area (Å²) >= 11 is 0. The molecular formula is C20H8F8N2O2. The van der Waals surface area contributed by atoms with Crippen molar-refractivity contribution >= 4 is 23.2 Å². The molecule has 0 radical (unpaired) electrons. The van der Waals surface area contributed by atoms with Crippen LogP contribution in [0.4, 0.5) is 35.1 Å². The van der Waals surface area contributed by atoms with Gasteiger partial charge >= 0.3 is 12.4 Å². The van der Waals surface area contributed by atoms with E-state index in [2.05, 4.69) is 0 Å². The second kappa shape index (κ2) is 6.90. The van der Waals surface area contributed by atoms with Crippen LogP contribution >= 0.6 is 0 Å². The van der Waals surface area contributed by atoms with Crippen LogP contribution in [0.1, 0.15) is 22.3 Å². The first-order valence-corrected chi connectivity index (χ1v) is 8.66. The van der Waals surface area contributed by atoms with Gasteiger partial charge < -0.3 is 10.6 Å². The Morgan fingerprint density at radius 1 is 0.594 bits per heavy atom. The number of hydrogen-bond donors (Lipinski definition) is 2. The van der Waals surface area contributed by atoms with Gasteiger partial charge in [-0.15, -0.1) is 0 Å². The van der Waals surface area contributed by atoms with Gasteiger partial charge in [-0.1, -0.05) is 12.1 Å². The van der Waals surface area contributed by atoms with E-state index in [0.717, 1.165) is 12.1 Å². The predicted molar refractivity (Wildman–Crippen MR) is 92.9 cm³/mol. The molecule has 2 N–H and O–H groups in total. The smallest absolute Gasteiger partial charge is 0.320 e. The van der Waals surface area contributed by atoms with Crippen molar-refractivity contribution in [2.75, 3.05) is 0 Å². The van der Waals surface area contributed by atoms with Crippen molar-refractivity contribution in [3.05, 3.63) is 81.4 Å². The molecule has 12 heteroatoms. The monoisotopic (exact) mass is 460 g/mol. The third-order valence-corrected chi connectivity index (χ3v) is 4.82. The van der Waals surface area contributed by atoms with Gasteiger partial charge in [-0.25, -0.2) is 8.78 Å². The fraction of sp³-hybridized carbons (Fsp3) is 0.100. The third kappa shape index (κ3) is 3.22. The fourth-order valence-electron chi connectivity index (χ4n) is 3.59. The molecule has 4 nitrogen and oxygen atoms in total. The van der Waals surface area contributed by atoms with Crippen LogP contribution < -0.4 is 10.6 Å². The summed E-state index contributed by atoms with van der Waals surface area (Å²) < 4.78 is 109. The molecule has 32 heavy (non-hydrogen) atoms. The van der Waals surface area contributed by atoms with Gasteiger partial charge in [0, 0.05) is 11.1 Å².